The highest BCUT2D eigenvalue weighted by Crippen LogP contribution is 2.68. The normalized spacial score (nSPS) is 17.2. The maximum atomic E-state index is 13.6. The van der Waals surface area contributed by atoms with Crippen molar-refractivity contribution in [2.24, 2.45) is 0 Å². The highest BCUT2D eigenvalue weighted by molar-refractivity contribution is 5.21. The summed E-state index contributed by atoms with van der Waals surface area (Å²) in [5.74, 6) is -117. The average molecular weight is 715 g/mol. The molecule has 0 rings (SSSR count). The Kier molecular flexibility index (Phi) is 9.32. The third-order valence-corrected chi connectivity index (χ3v) is 5.13. The molecule has 0 aromatic rings. The lowest BCUT2D eigenvalue weighted by atomic mass is 9.83. The van der Waals surface area contributed by atoms with Crippen LogP contribution in [-0.4, -0.2) is 77.0 Å². The van der Waals surface area contributed by atoms with Crippen LogP contribution in [0.1, 0.15) is 6.92 Å². The Morgan fingerprint density at radius 2 is 0.395 bits per heavy atom. The highest BCUT2D eigenvalue weighted by Gasteiger charge is 3.00. The van der Waals surface area contributed by atoms with Gasteiger partial charge in [-0.05, 0) is 0 Å². The van der Waals surface area contributed by atoms with Crippen molar-refractivity contribution in [3.05, 3.63) is 6.43 Å². The van der Waals surface area contributed by atoms with E-state index in [0.29, 0.717) is 0 Å². The van der Waals surface area contributed by atoms with Gasteiger partial charge in [-0.2, -0.15) is 123 Å². The molecule has 0 bridgehead atoms. The molecule has 0 aromatic heterocycles. The summed E-state index contributed by atoms with van der Waals surface area (Å²) >= 11 is 0. The lowest BCUT2D eigenvalue weighted by Crippen LogP contribution is -2.78. The molecule has 0 heterocycles. The van der Waals surface area contributed by atoms with E-state index in [1.165, 1.54) is 0 Å². The maximum Gasteiger partial charge on any atom is 0.385 e. The molecule has 0 fully saturated rings. The van der Waals surface area contributed by atoms with Crippen LogP contribution in [0, 0.1) is 6.43 Å². The summed E-state index contributed by atoms with van der Waals surface area (Å²) < 4.78 is 368. The zero-order chi connectivity index (χ0) is 36.1. The Bertz CT molecular complexity index is 1010. The Morgan fingerprint density at radius 3 is 0.535 bits per heavy atom. The van der Waals surface area contributed by atoms with Crippen LogP contribution in [-0.2, 0) is 0 Å². The zero-order valence-electron chi connectivity index (χ0n) is 18.6. The van der Waals surface area contributed by atoms with Gasteiger partial charge in [0.05, 0.1) is 0 Å². The van der Waals surface area contributed by atoms with Gasteiger partial charge in [-0.25, -0.2) is 0 Å². The first-order valence-corrected chi connectivity index (χ1v) is 9.04. The molecule has 0 N–H and O–H groups in total. The number of halogens is 28. The summed E-state index contributed by atoms with van der Waals surface area (Å²) in [5.41, 5.74) is 0. The first kappa shape index (κ1) is 41.0. The molecule has 28 heteroatoms. The van der Waals surface area contributed by atoms with E-state index in [1.54, 1.807) is 0 Å². The fourth-order valence-corrected chi connectivity index (χ4v) is 2.37. The zero-order valence-corrected chi connectivity index (χ0v) is 18.6. The first-order valence-electron chi connectivity index (χ1n) is 9.04. The Morgan fingerprint density at radius 1 is 0.256 bits per heavy atom. The van der Waals surface area contributed by atoms with Gasteiger partial charge in [0.1, 0.15) is 0 Å². The van der Waals surface area contributed by atoms with Gasteiger partial charge in [-0.3, -0.25) is 0 Å². The molecule has 259 valence electrons. The molecule has 0 aliphatic rings. The van der Waals surface area contributed by atoms with Gasteiger partial charge in [-0.15, -0.1) is 0 Å². The molecule has 0 unspecified atom stereocenters. The standard InChI is InChI=1S/C15H3F28/c1-3(18,19)5(22,23)7(26,27)9(30,31)11(34,35)13(38,39)15(42,43)14(40,41)12(36,37)10(32,33)8(28,29)6(24,25)4(20,21)2(16)17/h1H3. The van der Waals surface area contributed by atoms with Crippen molar-refractivity contribution in [2.75, 3.05) is 0 Å². The predicted octanol–water partition coefficient (Wildman–Crippen LogP) is 9.69. The third-order valence-electron chi connectivity index (χ3n) is 5.13. The van der Waals surface area contributed by atoms with E-state index in [9.17, 15) is 123 Å². The van der Waals surface area contributed by atoms with Crippen LogP contribution >= 0.6 is 0 Å². The van der Waals surface area contributed by atoms with Crippen LogP contribution in [0.2, 0.25) is 0 Å². The summed E-state index contributed by atoms with van der Waals surface area (Å²) in [6, 6.07) is 0. The largest absolute Gasteiger partial charge is 0.385 e. The Labute approximate surface area is 214 Å². The molecule has 0 aliphatic carbocycles. The second kappa shape index (κ2) is 9.77. The number of hydrogen-bond donors (Lipinski definition) is 0. The van der Waals surface area contributed by atoms with Crippen LogP contribution in [0.15, 0.2) is 0 Å². The van der Waals surface area contributed by atoms with Gasteiger partial charge < -0.3 is 0 Å². The van der Waals surface area contributed by atoms with E-state index in [0.717, 1.165) is 0 Å². The molecule has 0 aromatic carbocycles. The third kappa shape index (κ3) is 4.62. The van der Waals surface area contributed by atoms with Crippen LogP contribution in [0.25, 0.3) is 0 Å². The SMILES string of the molecule is CC(F)(F)C(F)(F)C(F)(F)C(F)(F)C(F)(F)C(F)(F)C(F)(F)C(F)(F)C(F)(F)C(F)(F)C(F)(F)C(F)(F)C(F)(F)[C](F)F. The van der Waals surface area contributed by atoms with Crippen molar-refractivity contribution in [3.8, 4) is 0 Å². The van der Waals surface area contributed by atoms with Crippen molar-refractivity contribution in [1.82, 2.24) is 0 Å². The molecule has 0 atom stereocenters. The van der Waals surface area contributed by atoms with Crippen LogP contribution in [0.3, 0.4) is 0 Å². The Balaban J connectivity index is 7.47. The maximum absolute atomic E-state index is 13.6. The molecule has 0 aliphatic heterocycles. The molecule has 43 heavy (non-hydrogen) atoms. The van der Waals surface area contributed by atoms with E-state index in [4.69, 9.17) is 0 Å². The summed E-state index contributed by atoms with van der Waals surface area (Å²) in [5, 5.41) is 0. The minimum Gasteiger partial charge on any atom is -0.200 e. The summed E-state index contributed by atoms with van der Waals surface area (Å²) in [6.45, 7) is -1.58. The van der Waals surface area contributed by atoms with Gasteiger partial charge in [-0.1, -0.05) is 0 Å². The van der Waals surface area contributed by atoms with Crippen LogP contribution in [0.4, 0.5) is 123 Å². The van der Waals surface area contributed by atoms with Crippen molar-refractivity contribution >= 4 is 0 Å². The van der Waals surface area contributed by atoms with E-state index < -0.39 is 90.3 Å². The minimum absolute atomic E-state index is 1.58. The smallest absolute Gasteiger partial charge is 0.200 e. The summed E-state index contributed by atoms with van der Waals surface area (Å²) in [7, 11) is 0. The molecule has 0 spiro atoms. The Hall–Kier alpha value is -1.96. The molecule has 0 nitrogen and oxygen atoms in total. The predicted molar refractivity (Wildman–Crippen MR) is 75.4 cm³/mol. The molecule has 1 radical (unpaired) electrons. The minimum atomic E-state index is -9.80. The molecule has 0 saturated heterocycles. The van der Waals surface area contributed by atoms with Crippen LogP contribution in [0.5, 0.6) is 0 Å². The molecular formula is C15H3F28. The van der Waals surface area contributed by atoms with Crippen molar-refractivity contribution in [1.29, 1.82) is 0 Å². The van der Waals surface area contributed by atoms with Gasteiger partial charge in [0.25, 0.3) is 0 Å². The van der Waals surface area contributed by atoms with E-state index in [2.05, 4.69) is 0 Å². The fourth-order valence-electron chi connectivity index (χ4n) is 2.37. The second-order valence-corrected chi connectivity index (χ2v) is 8.04. The number of hydrogen-bond acceptors (Lipinski definition) is 0. The number of alkyl halides is 26. The van der Waals surface area contributed by atoms with Gasteiger partial charge in [0, 0.05) is 6.92 Å². The van der Waals surface area contributed by atoms with Crippen molar-refractivity contribution in [3.63, 3.8) is 0 Å². The van der Waals surface area contributed by atoms with E-state index >= 15 is 0 Å². The highest BCUT2D eigenvalue weighted by atomic mass is 19.4. The lowest BCUT2D eigenvalue weighted by Gasteiger charge is -2.46. The van der Waals surface area contributed by atoms with Crippen LogP contribution < -0.4 is 0 Å². The summed E-state index contributed by atoms with van der Waals surface area (Å²) in [6.07, 6.45) is -5.45. The lowest BCUT2D eigenvalue weighted by molar-refractivity contribution is -0.482. The van der Waals surface area contributed by atoms with Gasteiger partial charge >= 0.3 is 83.4 Å². The molecule has 0 amide bonds. The fraction of sp³-hybridized carbons (Fsp3) is 0.933. The van der Waals surface area contributed by atoms with E-state index in [-0.39, 0.29) is 0 Å². The number of rotatable bonds is 13. The molecule has 0 saturated carbocycles. The monoisotopic (exact) mass is 715 g/mol. The average Bonchev–Trinajstić information content (AvgIpc) is 2.76. The van der Waals surface area contributed by atoms with Crippen molar-refractivity contribution in [2.45, 2.75) is 83.9 Å². The topological polar surface area (TPSA) is 0 Å². The summed E-state index contributed by atoms with van der Waals surface area (Å²) in [4.78, 5) is 0. The van der Waals surface area contributed by atoms with Gasteiger partial charge in [0.15, 0.2) is 0 Å². The quantitative estimate of drug-likeness (QED) is 0.167. The van der Waals surface area contributed by atoms with Crippen molar-refractivity contribution < 1.29 is 123 Å². The molecular weight excluding hydrogens is 712 g/mol. The van der Waals surface area contributed by atoms with Gasteiger partial charge in [0.2, 0.25) is 0 Å². The second-order valence-electron chi connectivity index (χ2n) is 8.04. The first-order chi connectivity index (χ1) is 17.9. The van der Waals surface area contributed by atoms with E-state index in [1.807, 2.05) is 0 Å².